The van der Waals surface area contributed by atoms with Crippen molar-refractivity contribution < 1.29 is 34.4 Å². The molecule has 0 aromatic carbocycles. The second-order valence-corrected chi connectivity index (χ2v) is 14.4. The number of unbranched alkanes of at least 4 members (excludes halogenated alkanes) is 20. The van der Waals surface area contributed by atoms with Crippen molar-refractivity contribution in [2.24, 2.45) is 0 Å². The van der Waals surface area contributed by atoms with Gasteiger partial charge in [0.1, 0.15) is 19.3 Å². The monoisotopic (exact) mass is 721 g/mol. The van der Waals surface area contributed by atoms with Gasteiger partial charge in [0.15, 0.2) is 0 Å². The topological polar surface area (TPSA) is 113 Å². The van der Waals surface area contributed by atoms with Crippen molar-refractivity contribution in [3.8, 4) is 0 Å². The third kappa shape index (κ3) is 37.6. The number of aliphatic hydroxyl groups excluding tert-OH is 3. The van der Waals surface area contributed by atoms with Gasteiger partial charge in [0.2, 0.25) is 0 Å². The van der Waals surface area contributed by atoms with Gasteiger partial charge in [-0.3, -0.25) is 9.59 Å². The zero-order valence-corrected chi connectivity index (χ0v) is 33.1. The summed E-state index contributed by atoms with van der Waals surface area (Å²) in [7, 11) is 0. The minimum atomic E-state index is -1.07. The smallest absolute Gasteiger partial charge is 0.305 e. The molecule has 7 heteroatoms. The predicted molar refractivity (Wildman–Crippen MR) is 213 cm³/mol. The molecule has 0 aliphatic rings. The van der Waals surface area contributed by atoms with Gasteiger partial charge < -0.3 is 24.8 Å². The summed E-state index contributed by atoms with van der Waals surface area (Å²) in [5.41, 5.74) is 0. The Morgan fingerprint density at radius 2 is 0.863 bits per heavy atom. The second-order valence-electron chi connectivity index (χ2n) is 14.4. The number of allylic oxidation sites excluding steroid dienone is 5. The summed E-state index contributed by atoms with van der Waals surface area (Å²) in [4.78, 5) is 24.0. The summed E-state index contributed by atoms with van der Waals surface area (Å²) >= 11 is 0. The van der Waals surface area contributed by atoms with E-state index in [4.69, 9.17) is 9.47 Å². The first-order valence-corrected chi connectivity index (χ1v) is 21.2. The van der Waals surface area contributed by atoms with E-state index in [1.165, 1.54) is 116 Å². The third-order valence-electron chi connectivity index (χ3n) is 9.33. The molecule has 0 saturated heterocycles. The summed E-state index contributed by atoms with van der Waals surface area (Å²) in [6, 6.07) is 0. The van der Waals surface area contributed by atoms with Crippen LogP contribution in [0.2, 0.25) is 0 Å². The molecule has 0 bridgehead atoms. The van der Waals surface area contributed by atoms with Crippen molar-refractivity contribution in [2.45, 2.75) is 218 Å². The molecular formula is C44H80O7. The van der Waals surface area contributed by atoms with Crippen LogP contribution in [0, 0.1) is 0 Å². The van der Waals surface area contributed by atoms with E-state index < -0.39 is 24.3 Å². The molecule has 3 N–H and O–H groups in total. The zero-order chi connectivity index (χ0) is 37.5. The van der Waals surface area contributed by atoms with Gasteiger partial charge in [0.05, 0.1) is 12.2 Å². The van der Waals surface area contributed by atoms with Crippen molar-refractivity contribution in [1.29, 1.82) is 0 Å². The van der Waals surface area contributed by atoms with E-state index in [1.54, 1.807) is 0 Å². The quantitative estimate of drug-likeness (QED) is 0.0330. The molecule has 0 heterocycles. The minimum absolute atomic E-state index is 0.0727. The fourth-order valence-corrected chi connectivity index (χ4v) is 5.95. The van der Waals surface area contributed by atoms with Gasteiger partial charge in [-0.2, -0.15) is 0 Å². The van der Waals surface area contributed by atoms with Gasteiger partial charge >= 0.3 is 11.9 Å². The van der Waals surface area contributed by atoms with Crippen LogP contribution < -0.4 is 0 Å². The van der Waals surface area contributed by atoms with E-state index in [0.717, 1.165) is 38.5 Å². The average molecular weight is 721 g/mol. The molecule has 2 unspecified atom stereocenters. The minimum Gasteiger partial charge on any atom is -0.463 e. The Balaban J connectivity index is 3.63. The van der Waals surface area contributed by atoms with E-state index in [9.17, 15) is 24.9 Å². The van der Waals surface area contributed by atoms with Crippen LogP contribution in [0.1, 0.15) is 200 Å². The number of aliphatic hydroxyl groups is 3. The van der Waals surface area contributed by atoms with Gasteiger partial charge in [0.25, 0.3) is 0 Å². The SMILES string of the molecule is CCCCC/C=C\C/C=C\C/C=C\CC(O)C(O)CCCC(=O)OC[C@H](O)COC(=O)CCCCCCCCCCCCCCCCCCCC. The van der Waals surface area contributed by atoms with Gasteiger partial charge in [-0.05, 0) is 51.4 Å². The van der Waals surface area contributed by atoms with Crippen molar-refractivity contribution >= 4 is 11.9 Å². The van der Waals surface area contributed by atoms with Crippen LogP contribution in [-0.2, 0) is 19.1 Å². The highest BCUT2D eigenvalue weighted by Gasteiger charge is 2.16. The van der Waals surface area contributed by atoms with Crippen LogP contribution >= 0.6 is 0 Å². The van der Waals surface area contributed by atoms with Crippen LogP contribution in [0.3, 0.4) is 0 Å². The normalized spacial score (nSPS) is 13.7. The van der Waals surface area contributed by atoms with Crippen molar-refractivity contribution in [1.82, 2.24) is 0 Å². The molecule has 0 aromatic rings. The first-order chi connectivity index (χ1) is 24.9. The fraction of sp³-hybridized carbons (Fsp3) is 0.818. The molecule has 51 heavy (non-hydrogen) atoms. The number of hydrogen-bond donors (Lipinski definition) is 3. The Bertz CT molecular complexity index is 852. The maximum absolute atomic E-state index is 12.0. The van der Waals surface area contributed by atoms with Gasteiger partial charge in [-0.1, -0.05) is 172 Å². The number of hydrogen-bond acceptors (Lipinski definition) is 7. The van der Waals surface area contributed by atoms with Crippen molar-refractivity contribution in [3.63, 3.8) is 0 Å². The first kappa shape index (κ1) is 49.0. The summed E-state index contributed by atoms with van der Waals surface area (Å²) < 4.78 is 10.2. The average Bonchev–Trinajstić information content (AvgIpc) is 3.12. The highest BCUT2D eigenvalue weighted by Crippen LogP contribution is 2.15. The van der Waals surface area contributed by atoms with Crippen LogP contribution in [0.4, 0.5) is 0 Å². The Morgan fingerprint density at radius 1 is 0.471 bits per heavy atom. The Hall–Kier alpha value is -1.96. The number of rotatable bonds is 38. The maximum Gasteiger partial charge on any atom is 0.305 e. The number of esters is 2. The lowest BCUT2D eigenvalue weighted by Crippen LogP contribution is -2.26. The van der Waals surface area contributed by atoms with E-state index in [0.29, 0.717) is 19.3 Å². The van der Waals surface area contributed by atoms with E-state index in [-0.39, 0.29) is 32.0 Å². The van der Waals surface area contributed by atoms with Crippen LogP contribution in [0.5, 0.6) is 0 Å². The second kappa shape index (κ2) is 39.3. The zero-order valence-electron chi connectivity index (χ0n) is 33.1. The summed E-state index contributed by atoms with van der Waals surface area (Å²) in [6.07, 6.45) is 41.0. The largest absolute Gasteiger partial charge is 0.463 e. The van der Waals surface area contributed by atoms with Crippen LogP contribution in [-0.4, -0.2) is 58.8 Å². The molecule has 3 atom stereocenters. The Labute approximate surface area is 313 Å². The molecule has 298 valence electrons. The highest BCUT2D eigenvalue weighted by molar-refractivity contribution is 5.69. The van der Waals surface area contributed by atoms with Crippen molar-refractivity contribution in [3.05, 3.63) is 36.5 Å². The molecule has 0 rings (SSSR count). The number of carbonyl (C=O) groups is 2. The number of ether oxygens (including phenoxy) is 2. The van der Waals surface area contributed by atoms with Gasteiger partial charge in [0, 0.05) is 12.8 Å². The highest BCUT2D eigenvalue weighted by atomic mass is 16.6. The van der Waals surface area contributed by atoms with Crippen molar-refractivity contribution in [2.75, 3.05) is 13.2 Å². The van der Waals surface area contributed by atoms with Crippen LogP contribution in [0.25, 0.3) is 0 Å². The summed E-state index contributed by atoms with van der Waals surface area (Å²) in [5, 5.41) is 30.4. The lowest BCUT2D eigenvalue weighted by atomic mass is 10.0. The molecule has 0 radical (unpaired) electrons. The Kier molecular flexibility index (Phi) is 37.7. The van der Waals surface area contributed by atoms with Gasteiger partial charge in [-0.15, -0.1) is 0 Å². The molecule has 0 aliphatic heterocycles. The molecule has 0 aliphatic carbocycles. The molecule has 0 saturated carbocycles. The summed E-state index contributed by atoms with van der Waals surface area (Å²) in [5.74, 6) is -0.833. The third-order valence-corrected chi connectivity index (χ3v) is 9.33. The number of carbonyl (C=O) groups excluding carboxylic acids is 2. The van der Waals surface area contributed by atoms with Crippen LogP contribution in [0.15, 0.2) is 36.5 Å². The molecule has 7 nitrogen and oxygen atoms in total. The molecule has 0 amide bonds. The fourth-order valence-electron chi connectivity index (χ4n) is 5.95. The van der Waals surface area contributed by atoms with E-state index in [1.807, 2.05) is 12.2 Å². The maximum atomic E-state index is 12.0. The van der Waals surface area contributed by atoms with E-state index in [2.05, 4.69) is 38.2 Å². The molecule has 0 fully saturated rings. The lowest BCUT2D eigenvalue weighted by Gasteiger charge is -2.16. The Morgan fingerprint density at radius 3 is 1.35 bits per heavy atom. The molecule has 0 aromatic heterocycles. The van der Waals surface area contributed by atoms with Gasteiger partial charge in [-0.25, -0.2) is 0 Å². The summed E-state index contributed by atoms with van der Waals surface area (Å²) in [6.45, 7) is 4.04. The molecule has 0 spiro atoms. The first-order valence-electron chi connectivity index (χ1n) is 21.2. The lowest BCUT2D eigenvalue weighted by molar-refractivity contribution is -0.152. The standard InChI is InChI=1S/C44H80O7/c1-3-5-7-9-11-13-15-17-18-19-20-21-22-24-26-28-30-32-36-43(48)50-38-40(45)39-51-44(49)37-33-35-42(47)41(46)34-31-29-27-25-23-16-14-12-10-8-6-4-2/h12,14,23,25,29,31,40-42,45-47H,3-11,13,15-22,24,26-28,30,32-39H2,1-2H3/b14-12-,25-23-,31-29-/t40-,41?,42?/m1/s1. The molecular weight excluding hydrogens is 640 g/mol. The van der Waals surface area contributed by atoms with E-state index >= 15 is 0 Å². The predicted octanol–water partition coefficient (Wildman–Crippen LogP) is 11.2.